The lowest BCUT2D eigenvalue weighted by molar-refractivity contribution is -0.108. The predicted molar refractivity (Wildman–Crippen MR) is 71.3 cm³/mol. The van der Waals surface area contributed by atoms with Crippen LogP contribution in [0.4, 0.5) is 0 Å². The first-order chi connectivity index (χ1) is 10.1. The van der Waals surface area contributed by atoms with Crippen molar-refractivity contribution < 1.29 is 14.4 Å². The van der Waals surface area contributed by atoms with Crippen molar-refractivity contribution in [1.29, 1.82) is 0 Å². The largest absolute Gasteiger partial charge is 0.336 e. The van der Waals surface area contributed by atoms with Gasteiger partial charge in [-0.1, -0.05) is 0 Å². The van der Waals surface area contributed by atoms with Crippen molar-refractivity contribution in [2.24, 2.45) is 0 Å². The summed E-state index contributed by atoms with van der Waals surface area (Å²) in [6.45, 7) is -0.489. The molecule has 114 valence electrons. The highest BCUT2D eigenvalue weighted by atomic mass is 16.2. The second kappa shape index (κ2) is 7.88. The number of carbonyl (C=O) groups is 3. The SMILES string of the molecule is O=CCCn1c(=O)n(CCC=O)c(=O)n(CCC=O)c1=O. The maximum Gasteiger partial charge on any atom is 0.336 e. The fourth-order valence-electron chi connectivity index (χ4n) is 1.80. The van der Waals surface area contributed by atoms with Gasteiger partial charge in [0.1, 0.15) is 18.9 Å². The summed E-state index contributed by atoms with van der Waals surface area (Å²) in [5.41, 5.74) is -2.59. The molecule has 1 aromatic heterocycles. The van der Waals surface area contributed by atoms with E-state index in [1.54, 1.807) is 0 Å². The normalized spacial score (nSPS) is 10.3. The molecule has 9 nitrogen and oxygen atoms in total. The van der Waals surface area contributed by atoms with Crippen molar-refractivity contribution in [3.8, 4) is 0 Å². The van der Waals surface area contributed by atoms with Crippen LogP contribution >= 0.6 is 0 Å². The second-order valence-corrected chi connectivity index (χ2v) is 4.17. The van der Waals surface area contributed by atoms with Crippen molar-refractivity contribution in [2.75, 3.05) is 0 Å². The summed E-state index contributed by atoms with van der Waals surface area (Å²) in [7, 11) is 0. The van der Waals surface area contributed by atoms with Crippen molar-refractivity contribution in [3.05, 3.63) is 31.5 Å². The molecule has 1 heterocycles. The van der Waals surface area contributed by atoms with Crippen LogP contribution in [0.2, 0.25) is 0 Å². The summed E-state index contributed by atoms with van der Waals surface area (Å²) >= 11 is 0. The standard InChI is InChI=1S/C12H15N3O6/c16-7-1-4-13-10(19)14(5-2-8-17)12(21)15(11(13)20)6-3-9-18/h7-9H,1-6H2. The first-order valence-corrected chi connectivity index (χ1v) is 6.33. The minimum atomic E-state index is -0.865. The highest BCUT2D eigenvalue weighted by Crippen LogP contribution is 1.84. The molecular weight excluding hydrogens is 282 g/mol. The van der Waals surface area contributed by atoms with E-state index in [1.165, 1.54) is 0 Å². The Morgan fingerprint density at radius 2 is 0.810 bits per heavy atom. The molecule has 0 saturated heterocycles. The molecule has 0 unspecified atom stereocenters. The molecule has 0 amide bonds. The van der Waals surface area contributed by atoms with Crippen LogP contribution in [-0.2, 0) is 34.0 Å². The lowest BCUT2D eigenvalue weighted by Gasteiger charge is -2.11. The molecule has 0 fully saturated rings. The number of hydrogen-bond donors (Lipinski definition) is 0. The van der Waals surface area contributed by atoms with E-state index in [2.05, 4.69) is 0 Å². The van der Waals surface area contributed by atoms with Gasteiger partial charge in [-0.05, 0) is 0 Å². The van der Waals surface area contributed by atoms with Crippen LogP contribution in [-0.4, -0.2) is 32.6 Å². The number of carbonyl (C=O) groups excluding carboxylic acids is 3. The molecule has 0 aromatic carbocycles. The number of rotatable bonds is 9. The average Bonchev–Trinajstić information content (AvgIpc) is 2.47. The number of hydrogen-bond acceptors (Lipinski definition) is 6. The minimum absolute atomic E-state index is 0.0608. The topological polar surface area (TPSA) is 117 Å². The molecule has 9 heteroatoms. The number of aldehydes is 3. The Morgan fingerprint density at radius 3 is 1.00 bits per heavy atom. The Labute approximate surface area is 118 Å². The van der Waals surface area contributed by atoms with Gasteiger partial charge in [-0.25, -0.2) is 28.1 Å². The second-order valence-electron chi connectivity index (χ2n) is 4.17. The van der Waals surface area contributed by atoms with Gasteiger partial charge in [0.25, 0.3) is 0 Å². The van der Waals surface area contributed by atoms with Crippen LogP contribution < -0.4 is 17.1 Å². The summed E-state index contributed by atoms with van der Waals surface area (Å²) < 4.78 is 2.27. The van der Waals surface area contributed by atoms with E-state index >= 15 is 0 Å². The Bertz CT molecular complexity index is 571. The van der Waals surface area contributed by atoms with E-state index in [0.29, 0.717) is 18.9 Å². The third-order valence-electron chi connectivity index (χ3n) is 2.80. The summed E-state index contributed by atoms with van der Waals surface area (Å²) in [5, 5.41) is 0. The lowest BCUT2D eigenvalue weighted by atomic mass is 10.4. The fourth-order valence-corrected chi connectivity index (χ4v) is 1.80. The third kappa shape index (κ3) is 3.71. The van der Waals surface area contributed by atoms with Crippen LogP contribution in [0, 0.1) is 0 Å². The van der Waals surface area contributed by atoms with Crippen LogP contribution in [0.1, 0.15) is 19.3 Å². The zero-order valence-electron chi connectivity index (χ0n) is 11.3. The summed E-state index contributed by atoms with van der Waals surface area (Å²) in [6, 6.07) is 0. The van der Waals surface area contributed by atoms with E-state index in [9.17, 15) is 28.8 Å². The molecule has 0 aliphatic rings. The number of aromatic nitrogens is 3. The average molecular weight is 297 g/mol. The zero-order chi connectivity index (χ0) is 15.8. The maximum atomic E-state index is 12.1. The molecule has 0 spiro atoms. The first-order valence-electron chi connectivity index (χ1n) is 6.33. The predicted octanol–water partition coefficient (Wildman–Crippen LogP) is -2.06. The zero-order valence-corrected chi connectivity index (χ0v) is 11.3. The Hall–Kier alpha value is -2.58. The molecule has 1 rings (SSSR count). The lowest BCUT2D eigenvalue weighted by Crippen LogP contribution is -2.54. The molecule has 0 aliphatic heterocycles. The molecule has 0 aliphatic carbocycles. The van der Waals surface area contributed by atoms with E-state index in [-0.39, 0.29) is 38.9 Å². The van der Waals surface area contributed by atoms with Crippen molar-refractivity contribution >= 4 is 18.9 Å². The van der Waals surface area contributed by atoms with Crippen molar-refractivity contribution in [3.63, 3.8) is 0 Å². The van der Waals surface area contributed by atoms with Gasteiger partial charge < -0.3 is 14.4 Å². The van der Waals surface area contributed by atoms with E-state index < -0.39 is 17.1 Å². The highest BCUT2D eigenvalue weighted by Gasteiger charge is 2.14. The van der Waals surface area contributed by atoms with Gasteiger partial charge in [0, 0.05) is 38.9 Å². The van der Waals surface area contributed by atoms with Crippen molar-refractivity contribution in [2.45, 2.75) is 38.9 Å². The van der Waals surface area contributed by atoms with Gasteiger partial charge >= 0.3 is 17.1 Å². The molecule has 0 saturated carbocycles. The van der Waals surface area contributed by atoms with Gasteiger partial charge in [0.05, 0.1) is 0 Å². The van der Waals surface area contributed by atoms with Crippen LogP contribution in [0.5, 0.6) is 0 Å². The maximum absolute atomic E-state index is 12.1. The summed E-state index contributed by atoms with van der Waals surface area (Å²) in [4.78, 5) is 67.4. The quantitative estimate of drug-likeness (QED) is 0.484. The Morgan fingerprint density at radius 1 is 0.571 bits per heavy atom. The Kier molecular flexibility index (Phi) is 6.18. The van der Waals surface area contributed by atoms with Gasteiger partial charge in [-0.3, -0.25) is 0 Å². The summed E-state index contributed by atoms with van der Waals surface area (Å²) in [5.74, 6) is 0. The molecule has 21 heavy (non-hydrogen) atoms. The fraction of sp³-hybridized carbons (Fsp3) is 0.500. The molecule has 0 radical (unpaired) electrons. The highest BCUT2D eigenvalue weighted by molar-refractivity contribution is 5.49. The molecule has 1 aromatic rings. The third-order valence-corrected chi connectivity index (χ3v) is 2.80. The van der Waals surface area contributed by atoms with Crippen LogP contribution in [0.3, 0.4) is 0 Å². The van der Waals surface area contributed by atoms with E-state index in [4.69, 9.17) is 0 Å². The molecular formula is C12H15N3O6. The molecule has 0 N–H and O–H groups in total. The molecule has 0 bridgehead atoms. The first kappa shape index (κ1) is 16.5. The van der Waals surface area contributed by atoms with E-state index in [1.807, 2.05) is 0 Å². The summed E-state index contributed by atoms with van der Waals surface area (Å²) in [6.07, 6.45) is 1.45. The molecule has 0 atom stereocenters. The van der Waals surface area contributed by atoms with Crippen LogP contribution in [0.15, 0.2) is 14.4 Å². The van der Waals surface area contributed by atoms with Gasteiger partial charge in [0.15, 0.2) is 0 Å². The minimum Gasteiger partial charge on any atom is -0.303 e. The van der Waals surface area contributed by atoms with Gasteiger partial charge in [-0.15, -0.1) is 0 Å². The van der Waals surface area contributed by atoms with Crippen molar-refractivity contribution in [1.82, 2.24) is 13.7 Å². The van der Waals surface area contributed by atoms with Gasteiger partial charge in [0.2, 0.25) is 0 Å². The number of nitrogens with zero attached hydrogens (tertiary/aromatic N) is 3. The monoisotopic (exact) mass is 297 g/mol. The smallest absolute Gasteiger partial charge is 0.303 e. The van der Waals surface area contributed by atoms with Gasteiger partial charge in [-0.2, -0.15) is 0 Å². The Balaban J connectivity index is 3.49. The van der Waals surface area contributed by atoms with E-state index in [0.717, 1.165) is 13.7 Å². The van der Waals surface area contributed by atoms with Crippen LogP contribution in [0.25, 0.3) is 0 Å².